The molecule has 4 aliphatic rings. The summed E-state index contributed by atoms with van der Waals surface area (Å²) in [5, 5.41) is 4.65. The second-order valence-corrected chi connectivity index (χ2v) is 16.3. The Bertz CT molecular complexity index is 3340. The number of furan rings is 1. The molecule has 2 aromatic heterocycles. The Morgan fingerprint density at radius 3 is 2.15 bits per heavy atom. The van der Waals surface area contributed by atoms with Gasteiger partial charge in [0.2, 0.25) is 0 Å². The molecule has 0 spiro atoms. The molecule has 62 heavy (non-hydrogen) atoms. The molecule has 4 heteroatoms. The SMILES string of the molecule is C1=C2C=C3CC1CN(c1ccccc1)c1ccc4c5c6oc7ccccc7c6ccc5n(c4c13)-c1cccc(c1)C1=NC(c3ccccc3)=CCC=C21.CC.Cc1ccccc1. The van der Waals surface area contributed by atoms with E-state index in [4.69, 9.17) is 9.41 Å². The maximum Gasteiger partial charge on any atom is 0.145 e. The van der Waals surface area contributed by atoms with E-state index in [-0.39, 0.29) is 0 Å². The normalized spacial score (nSPS) is 16.1. The highest BCUT2D eigenvalue weighted by Gasteiger charge is 2.34. The number of hydrogen-bond acceptors (Lipinski definition) is 3. The molecule has 7 aromatic carbocycles. The Morgan fingerprint density at radius 1 is 0.645 bits per heavy atom. The van der Waals surface area contributed by atoms with Gasteiger partial charge in [-0.25, -0.2) is 4.99 Å². The largest absolute Gasteiger partial charge is 0.455 e. The molecule has 5 bridgehead atoms. The molecule has 1 aliphatic carbocycles. The Labute approximate surface area is 362 Å². The fourth-order valence-corrected chi connectivity index (χ4v) is 9.91. The highest BCUT2D eigenvalue weighted by Crippen LogP contribution is 2.51. The van der Waals surface area contributed by atoms with Crippen molar-refractivity contribution in [2.45, 2.75) is 33.6 Å². The van der Waals surface area contributed by atoms with E-state index in [1.54, 1.807) is 0 Å². The van der Waals surface area contributed by atoms with Crippen LogP contribution in [0.4, 0.5) is 11.4 Å². The summed E-state index contributed by atoms with van der Waals surface area (Å²) >= 11 is 0. The lowest BCUT2D eigenvalue weighted by atomic mass is 9.83. The first kappa shape index (κ1) is 37.6. The van der Waals surface area contributed by atoms with E-state index in [9.17, 15) is 0 Å². The molecule has 3 aliphatic heterocycles. The van der Waals surface area contributed by atoms with Gasteiger partial charge in [-0.15, -0.1) is 0 Å². The number of nitrogens with zero attached hydrogens (tertiary/aromatic N) is 3. The fraction of sp³-hybridized carbons (Fsp3) is 0.121. The topological polar surface area (TPSA) is 33.7 Å². The van der Waals surface area contributed by atoms with Crippen molar-refractivity contribution in [1.29, 1.82) is 0 Å². The van der Waals surface area contributed by atoms with Crippen LogP contribution in [-0.2, 0) is 0 Å². The van der Waals surface area contributed by atoms with Gasteiger partial charge in [-0.3, -0.25) is 0 Å². The first-order chi connectivity index (χ1) is 30.7. The minimum atomic E-state index is 0.309. The molecule has 0 N–H and O–H groups in total. The van der Waals surface area contributed by atoms with Crippen molar-refractivity contribution < 1.29 is 4.42 Å². The fourth-order valence-electron chi connectivity index (χ4n) is 9.91. The number of hydrogen-bond donors (Lipinski definition) is 0. The van der Waals surface area contributed by atoms with Gasteiger partial charge in [-0.2, -0.15) is 0 Å². The number of para-hydroxylation sites is 2. The molecule has 13 rings (SSSR count). The van der Waals surface area contributed by atoms with Gasteiger partial charge in [0, 0.05) is 50.8 Å². The van der Waals surface area contributed by atoms with Crippen LogP contribution in [0.1, 0.15) is 48.9 Å². The lowest BCUT2D eigenvalue weighted by Gasteiger charge is -2.28. The highest BCUT2D eigenvalue weighted by atomic mass is 16.3. The van der Waals surface area contributed by atoms with Crippen molar-refractivity contribution in [2.24, 2.45) is 10.9 Å². The van der Waals surface area contributed by atoms with E-state index in [1.807, 2.05) is 32.0 Å². The third kappa shape index (κ3) is 6.25. The average molecular weight is 802 g/mol. The van der Waals surface area contributed by atoms with Crippen LogP contribution in [0.3, 0.4) is 0 Å². The predicted octanol–water partition coefficient (Wildman–Crippen LogP) is 15.4. The molecular formula is C58H47N3O. The summed E-state index contributed by atoms with van der Waals surface area (Å²) in [6, 6.07) is 58.5. The number of aromatic nitrogens is 1. The van der Waals surface area contributed by atoms with Crippen LogP contribution in [0.15, 0.2) is 209 Å². The Hall–Kier alpha value is -7.43. The third-order valence-corrected chi connectivity index (χ3v) is 12.6. The minimum absolute atomic E-state index is 0.309. The van der Waals surface area contributed by atoms with E-state index in [2.05, 4.69) is 186 Å². The van der Waals surface area contributed by atoms with Crippen molar-refractivity contribution in [3.8, 4) is 5.69 Å². The van der Waals surface area contributed by atoms with Crippen LogP contribution in [-0.4, -0.2) is 16.8 Å². The van der Waals surface area contributed by atoms with Crippen molar-refractivity contribution in [2.75, 3.05) is 11.4 Å². The molecule has 4 nitrogen and oxygen atoms in total. The smallest absolute Gasteiger partial charge is 0.145 e. The zero-order valence-corrected chi connectivity index (χ0v) is 35.3. The van der Waals surface area contributed by atoms with E-state index < -0.39 is 0 Å². The van der Waals surface area contributed by atoms with Crippen molar-refractivity contribution >= 4 is 72.1 Å². The van der Waals surface area contributed by atoms with Crippen LogP contribution in [0.25, 0.3) is 60.7 Å². The summed E-state index contributed by atoms with van der Waals surface area (Å²) in [4.78, 5) is 8.09. The van der Waals surface area contributed by atoms with E-state index in [0.717, 1.165) is 80.5 Å². The van der Waals surface area contributed by atoms with Crippen LogP contribution in [0, 0.1) is 12.8 Å². The molecule has 0 radical (unpaired) electrons. The number of aryl methyl sites for hydroxylation is 1. The Kier molecular flexibility index (Phi) is 9.42. The second kappa shape index (κ2) is 15.6. The average Bonchev–Trinajstić information content (AvgIpc) is 3.74. The molecule has 5 heterocycles. The van der Waals surface area contributed by atoms with E-state index >= 15 is 0 Å². The third-order valence-electron chi connectivity index (χ3n) is 12.6. The summed E-state index contributed by atoms with van der Waals surface area (Å²) in [6.45, 7) is 6.97. The summed E-state index contributed by atoms with van der Waals surface area (Å²) in [7, 11) is 0. The van der Waals surface area contributed by atoms with Crippen molar-refractivity contribution in [3.63, 3.8) is 0 Å². The molecule has 9 aromatic rings. The van der Waals surface area contributed by atoms with Gasteiger partial charge in [0.1, 0.15) is 11.2 Å². The Balaban J connectivity index is 0.000000435. The summed E-state index contributed by atoms with van der Waals surface area (Å²) in [6.07, 6.45) is 11.4. The van der Waals surface area contributed by atoms with Gasteiger partial charge in [0.05, 0.1) is 33.5 Å². The lowest BCUT2D eigenvalue weighted by molar-refractivity contribution is 0.672. The maximum atomic E-state index is 6.77. The van der Waals surface area contributed by atoms with Crippen LogP contribution in [0.5, 0.6) is 0 Å². The quantitative estimate of drug-likeness (QED) is 0.174. The monoisotopic (exact) mass is 801 g/mol. The van der Waals surface area contributed by atoms with Crippen LogP contribution >= 0.6 is 0 Å². The molecular weight excluding hydrogens is 755 g/mol. The van der Waals surface area contributed by atoms with Crippen molar-refractivity contribution in [1.82, 2.24) is 4.57 Å². The van der Waals surface area contributed by atoms with Crippen molar-refractivity contribution in [3.05, 3.63) is 221 Å². The molecule has 0 fully saturated rings. The zero-order valence-electron chi connectivity index (χ0n) is 35.3. The number of rotatable bonds is 2. The summed E-state index contributed by atoms with van der Waals surface area (Å²) in [5.41, 5.74) is 18.5. The highest BCUT2D eigenvalue weighted by molar-refractivity contribution is 6.26. The van der Waals surface area contributed by atoms with E-state index in [1.165, 1.54) is 50.1 Å². The van der Waals surface area contributed by atoms with Crippen LogP contribution in [0.2, 0.25) is 0 Å². The maximum absolute atomic E-state index is 6.77. The molecule has 0 amide bonds. The Morgan fingerprint density at radius 2 is 1.35 bits per heavy atom. The number of aliphatic imine (C=N–C) groups is 1. The first-order valence-corrected chi connectivity index (χ1v) is 22.0. The van der Waals surface area contributed by atoms with E-state index in [0.29, 0.717) is 5.92 Å². The molecule has 0 saturated carbocycles. The zero-order chi connectivity index (χ0) is 41.7. The number of benzene rings is 7. The predicted molar refractivity (Wildman–Crippen MR) is 262 cm³/mol. The summed E-state index contributed by atoms with van der Waals surface area (Å²) < 4.78 is 9.28. The standard InChI is InChI=1S/C49H33N3O.C7H8.C2H6/c1-3-11-31(12-4-1)41-19-10-18-37-33-25-30-26-34(27-33)45-42(51(29-30)35-14-5-2-6-15-35)23-22-40-46-43(24-21-39-38-17-7-8-20-44(38)53-49(39)46)52(48(40)45)36-16-9-13-32(28-36)47(37)50-41;1-7-5-3-2-4-6-7;1-2/h1-9,11-25,27-28,30H,10,26,29H2;2-6H,1H3;1-2H3. The summed E-state index contributed by atoms with van der Waals surface area (Å²) in [5.74, 6) is 0.309. The van der Waals surface area contributed by atoms with Gasteiger partial charge in [0.25, 0.3) is 0 Å². The minimum Gasteiger partial charge on any atom is -0.455 e. The lowest BCUT2D eigenvalue weighted by Crippen LogP contribution is -2.23. The van der Waals surface area contributed by atoms with Gasteiger partial charge in [0.15, 0.2) is 0 Å². The molecule has 1 atom stereocenters. The first-order valence-electron chi connectivity index (χ1n) is 22.0. The second-order valence-electron chi connectivity index (χ2n) is 16.3. The van der Waals surface area contributed by atoms with Gasteiger partial charge >= 0.3 is 0 Å². The number of fused-ring (bicyclic) bond motifs is 15. The van der Waals surface area contributed by atoms with Gasteiger partial charge in [-0.1, -0.05) is 153 Å². The van der Waals surface area contributed by atoms with Gasteiger partial charge in [-0.05, 0) is 97.0 Å². The number of anilines is 2. The van der Waals surface area contributed by atoms with Crippen LogP contribution < -0.4 is 4.90 Å². The molecule has 300 valence electrons. The molecule has 1 unspecified atom stereocenters. The van der Waals surface area contributed by atoms with Gasteiger partial charge < -0.3 is 13.9 Å². The number of allylic oxidation sites excluding steroid dienone is 6. The molecule has 0 saturated heterocycles.